The Hall–Kier alpha value is -5.07. The second-order valence-corrected chi connectivity index (χ2v) is 26.5. The van der Waals surface area contributed by atoms with Crippen LogP contribution in [-0.4, -0.2) is 57.3 Å². The van der Waals surface area contributed by atoms with Crippen LogP contribution in [0.1, 0.15) is 41.5 Å². The monoisotopic (exact) mass is 978 g/mol. The highest BCUT2D eigenvalue weighted by Crippen LogP contribution is 2.52. The van der Waals surface area contributed by atoms with Crippen LogP contribution in [0, 0.1) is 0 Å². The molecule has 8 aromatic rings. The fourth-order valence-corrected chi connectivity index (χ4v) is 20.7. The van der Waals surface area contributed by atoms with Crippen molar-refractivity contribution in [1.82, 2.24) is 0 Å². The smallest absolute Gasteiger partial charge is 0.370 e. The maximum Gasteiger partial charge on any atom is 0.537 e. The summed E-state index contributed by atoms with van der Waals surface area (Å²) in [5.74, 6) is 0. The molecule has 0 saturated carbocycles. The van der Waals surface area contributed by atoms with E-state index in [0.29, 0.717) is 82.6 Å². The SMILES string of the molecule is CCO[Si](OCC)(OCC)c1cccc2c(-c3c(P(=O)(c4ccccc4)c4ccccc4)ccc4c([Si](OCC)(OCC)OCC)cccc34)c(P(=O)(c3ccccc3)c3ccccc3)ccc12. The molecule has 0 amide bonds. The molecular weight excluding hydrogens is 919 g/mol. The lowest BCUT2D eigenvalue weighted by Gasteiger charge is -2.32. The molecule has 0 bridgehead atoms. The van der Waals surface area contributed by atoms with Gasteiger partial charge in [-0.1, -0.05) is 170 Å². The summed E-state index contributed by atoms with van der Waals surface area (Å²) in [6, 6.07) is 59.1. The van der Waals surface area contributed by atoms with Crippen molar-refractivity contribution in [3.05, 3.63) is 182 Å². The molecule has 68 heavy (non-hydrogen) atoms. The molecular formula is C56H60O8P2Si2. The maximum atomic E-state index is 17.2. The highest BCUT2D eigenvalue weighted by Gasteiger charge is 2.47. The molecule has 8 aromatic carbocycles. The number of fused-ring (bicyclic) bond motifs is 2. The number of benzene rings is 8. The minimum Gasteiger partial charge on any atom is -0.370 e. The highest BCUT2D eigenvalue weighted by atomic mass is 31.2. The second-order valence-electron chi connectivity index (χ2n) is 16.0. The molecule has 0 saturated heterocycles. The van der Waals surface area contributed by atoms with Gasteiger partial charge < -0.3 is 35.7 Å². The molecule has 0 radical (unpaired) electrons. The van der Waals surface area contributed by atoms with E-state index in [1.165, 1.54) is 0 Å². The molecule has 12 heteroatoms. The fraction of sp³-hybridized carbons (Fsp3) is 0.214. The van der Waals surface area contributed by atoms with Crippen molar-refractivity contribution in [1.29, 1.82) is 0 Å². The molecule has 0 aliphatic carbocycles. The highest BCUT2D eigenvalue weighted by molar-refractivity contribution is 7.86. The molecule has 8 nitrogen and oxygen atoms in total. The summed E-state index contributed by atoms with van der Waals surface area (Å²) in [7, 11) is -14.8. The van der Waals surface area contributed by atoms with Crippen LogP contribution in [0.4, 0.5) is 0 Å². The largest absolute Gasteiger partial charge is 0.537 e. The Bertz CT molecular complexity index is 2740. The predicted molar refractivity (Wildman–Crippen MR) is 286 cm³/mol. The van der Waals surface area contributed by atoms with Crippen molar-refractivity contribution < 1.29 is 35.7 Å². The Morgan fingerprint density at radius 1 is 0.309 bits per heavy atom. The molecule has 0 heterocycles. The van der Waals surface area contributed by atoms with Crippen LogP contribution in [0.15, 0.2) is 182 Å². The van der Waals surface area contributed by atoms with E-state index in [0.717, 1.165) is 31.9 Å². The molecule has 8 rings (SSSR count). The van der Waals surface area contributed by atoms with Crippen LogP contribution in [-0.2, 0) is 35.7 Å². The van der Waals surface area contributed by atoms with Gasteiger partial charge in [-0.2, -0.15) is 0 Å². The van der Waals surface area contributed by atoms with Crippen LogP contribution in [0.3, 0.4) is 0 Å². The lowest BCUT2D eigenvalue weighted by Crippen LogP contribution is -2.57. The van der Waals surface area contributed by atoms with Crippen molar-refractivity contribution >= 4 is 95.6 Å². The van der Waals surface area contributed by atoms with Gasteiger partial charge >= 0.3 is 17.6 Å². The van der Waals surface area contributed by atoms with E-state index >= 15 is 9.13 Å². The average Bonchev–Trinajstić information content (AvgIpc) is 3.38. The van der Waals surface area contributed by atoms with Crippen molar-refractivity contribution in [2.75, 3.05) is 39.6 Å². The van der Waals surface area contributed by atoms with Crippen molar-refractivity contribution in [2.24, 2.45) is 0 Å². The van der Waals surface area contributed by atoms with Crippen molar-refractivity contribution in [3.63, 3.8) is 0 Å². The van der Waals surface area contributed by atoms with Crippen LogP contribution in [0.5, 0.6) is 0 Å². The van der Waals surface area contributed by atoms with E-state index in [9.17, 15) is 0 Å². The Kier molecular flexibility index (Phi) is 15.8. The second kappa shape index (κ2) is 21.7. The van der Waals surface area contributed by atoms with E-state index in [1.807, 2.05) is 211 Å². The van der Waals surface area contributed by atoms with E-state index < -0.39 is 31.9 Å². The van der Waals surface area contributed by atoms with E-state index in [4.69, 9.17) is 26.6 Å². The summed E-state index contributed by atoms with van der Waals surface area (Å²) in [5, 5.41) is 8.59. The Morgan fingerprint density at radius 2 is 0.574 bits per heavy atom. The normalized spacial score (nSPS) is 12.5. The lowest BCUT2D eigenvalue weighted by atomic mass is 9.93. The Morgan fingerprint density at radius 3 is 0.824 bits per heavy atom. The summed E-state index contributed by atoms with van der Waals surface area (Å²) in [6.45, 7) is 13.9. The lowest BCUT2D eigenvalue weighted by molar-refractivity contribution is 0.0854. The molecule has 0 N–H and O–H groups in total. The van der Waals surface area contributed by atoms with Crippen molar-refractivity contribution in [3.8, 4) is 11.1 Å². The third kappa shape index (κ3) is 8.89. The molecule has 0 aliphatic rings. The van der Waals surface area contributed by atoms with Gasteiger partial charge in [-0.25, -0.2) is 0 Å². The zero-order valence-corrected chi connectivity index (χ0v) is 43.5. The van der Waals surface area contributed by atoms with Gasteiger partial charge in [-0.05, 0) is 75.2 Å². The third-order valence-electron chi connectivity index (χ3n) is 12.2. The van der Waals surface area contributed by atoms with Gasteiger partial charge in [0.25, 0.3) is 0 Å². The van der Waals surface area contributed by atoms with Gasteiger partial charge in [0.1, 0.15) is 0 Å². The number of hydrogen-bond donors (Lipinski definition) is 0. The Labute approximate surface area is 403 Å². The molecule has 0 atom stereocenters. The molecule has 0 unspecified atom stereocenters. The number of hydrogen-bond acceptors (Lipinski definition) is 8. The molecule has 0 spiro atoms. The van der Waals surface area contributed by atoms with E-state index in [2.05, 4.69) is 12.1 Å². The molecule has 0 aliphatic heterocycles. The molecule has 0 fully saturated rings. The van der Waals surface area contributed by atoms with Crippen LogP contribution in [0.2, 0.25) is 0 Å². The third-order valence-corrected chi connectivity index (χ3v) is 24.6. The van der Waals surface area contributed by atoms with Gasteiger partial charge in [0.2, 0.25) is 0 Å². The van der Waals surface area contributed by atoms with Crippen molar-refractivity contribution in [2.45, 2.75) is 41.5 Å². The summed E-state index contributed by atoms with van der Waals surface area (Å²) in [6.07, 6.45) is 0. The summed E-state index contributed by atoms with van der Waals surface area (Å²) >= 11 is 0. The van der Waals surface area contributed by atoms with E-state index in [-0.39, 0.29) is 0 Å². The first-order valence-corrected chi connectivity index (χ1v) is 30.5. The van der Waals surface area contributed by atoms with Gasteiger partial charge in [0.05, 0.1) is 0 Å². The quantitative estimate of drug-likeness (QED) is 0.0520. The van der Waals surface area contributed by atoms with Gasteiger partial charge in [-0.15, -0.1) is 0 Å². The van der Waals surface area contributed by atoms with Gasteiger partial charge in [-0.3, -0.25) is 0 Å². The minimum absolute atomic E-state index is 0.365. The number of rotatable bonds is 21. The molecule has 350 valence electrons. The minimum atomic E-state index is -3.79. The van der Waals surface area contributed by atoms with Gasteiger partial charge in [0, 0.05) is 93.0 Å². The summed E-state index contributed by atoms with van der Waals surface area (Å²) in [4.78, 5) is 0. The van der Waals surface area contributed by atoms with Crippen LogP contribution < -0.4 is 42.2 Å². The summed E-state index contributed by atoms with van der Waals surface area (Å²) < 4.78 is 74.1. The maximum absolute atomic E-state index is 17.2. The molecule has 0 aromatic heterocycles. The topological polar surface area (TPSA) is 89.5 Å². The van der Waals surface area contributed by atoms with E-state index in [1.54, 1.807) is 0 Å². The first-order chi connectivity index (χ1) is 33.2. The zero-order chi connectivity index (χ0) is 47.8. The predicted octanol–water partition coefficient (Wildman–Crippen LogP) is 9.45. The Balaban J connectivity index is 1.67. The average molecular weight is 979 g/mol. The summed E-state index contributed by atoms with van der Waals surface area (Å²) in [5.41, 5.74) is 1.35. The van der Waals surface area contributed by atoms with Crippen LogP contribution >= 0.6 is 14.3 Å². The zero-order valence-electron chi connectivity index (χ0n) is 39.7. The fourth-order valence-electron chi connectivity index (χ4n) is 9.54. The first kappa shape index (κ1) is 49.4. The first-order valence-electron chi connectivity index (χ1n) is 23.6. The van der Waals surface area contributed by atoms with Gasteiger partial charge in [0.15, 0.2) is 14.3 Å². The van der Waals surface area contributed by atoms with Crippen LogP contribution in [0.25, 0.3) is 32.7 Å². The standard InChI is InChI=1S/C56H60O8P2Si2/c1-7-59-67(60-8-2,61-9-3)53-37-25-35-49-47(53)39-41-51(65(57,43-27-17-13-18-28-43)44-29-19-14-20-30-44)55(49)56-50-36-26-38-54(68(62-10-4,63-11-5)64-12-6)48(50)40-42-52(56)66(58,45-31-21-15-22-32-45)46-33-23-16-24-34-46/h13-42H,7-12H2,1-6H3.